The van der Waals surface area contributed by atoms with Crippen LogP contribution in [0, 0.1) is 0 Å². The highest BCUT2D eigenvalue weighted by atomic mass is 79.9. The molecule has 0 radical (unpaired) electrons. The van der Waals surface area contributed by atoms with Gasteiger partial charge in [-0.2, -0.15) is 5.10 Å². The molecule has 3 rings (SSSR count). The largest absolute Gasteiger partial charge is 0.466 e. The third kappa shape index (κ3) is 3.76. The second-order valence-electron chi connectivity index (χ2n) is 5.80. The summed E-state index contributed by atoms with van der Waals surface area (Å²) in [5.74, 6) is -0.206. The van der Waals surface area contributed by atoms with E-state index in [2.05, 4.69) is 15.9 Å². The van der Waals surface area contributed by atoms with Gasteiger partial charge in [0.2, 0.25) is 0 Å². The van der Waals surface area contributed by atoms with Crippen molar-refractivity contribution in [1.82, 2.24) is 9.78 Å². The lowest BCUT2D eigenvalue weighted by Gasteiger charge is -2.23. The minimum atomic E-state index is -0.206. The van der Waals surface area contributed by atoms with Gasteiger partial charge < -0.3 is 9.47 Å². The molecule has 1 unspecified atom stereocenters. The Hall–Kier alpha value is -1.11. The van der Waals surface area contributed by atoms with E-state index in [9.17, 15) is 4.79 Å². The van der Waals surface area contributed by atoms with Crippen LogP contribution >= 0.6 is 27.5 Å². The molecule has 1 aromatic heterocycles. The van der Waals surface area contributed by atoms with E-state index in [-0.39, 0.29) is 12.2 Å². The molecule has 1 fully saturated rings. The Morgan fingerprint density at radius 2 is 2.33 bits per heavy atom. The van der Waals surface area contributed by atoms with Crippen LogP contribution in [-0.2, 0) is 20.7 Å². The Balaban J connectivity index is 1.95. The fourth-order valence-electron chi connectivity index (χ4n) is 2.97. The van der Waals surface area contributed by atoms with E-state index >= 15 is 0 Å². The third-order valence-corrected chi connectivity index (χ3v) is 5.32. The Morgan fingerprint density at radius 3 is 3.04 bits per heavy atom. The van der Waals surface area contributed by atoms with E-state index in [0.29, 0.717) is 24.5 Å². The minimum absolute atomic E-state index is 0.0742. The molecule has 1 aliphatic heterocycles. The first-order valence-electron chi connectivity index (χ1n) is 8.23. The van der Waals surface area contributed by atoms with E-state index in [1.165, 1.54) is 0 Å². The smallest absolute Gasteiger partial charge is 0.306 e. The summed E-state index contributed by atoms with van der Waals surface area (Å²) in [5.41, 5.74) is 1.80. The Kier molecular flexibility index (Phi) is 5.79. The second kappa shape index (κ2) is 7.85. The standard InChI is InChI=1S/C17H20BrClN2O3/c1-2-23-17(22)7-6-14-11-9-12(18)13(19)10-15(11)21(20-14)16-5-3-4-8-24-16/h9-10,16H,2-8H2,1H3. The monoisotopic (exact) mass is 414 g/mol. The molecule has 5 nitrogen and oxygen atoms in total. The highest BCUT2D eigenvalue weighted by Gasteiger charge is 2.22. The average molecular weight is 416 g/mol. The van der Waals surface area contributed by atoms with Crippen molar-refractivity contribution in [3.63, 3.8) is 0 Å². The van der Waals surface area contributed by atoms with Crippen molar-refractivity contribution in [1.29, 1.82) is 0 Å². The van der Waals surface area contributed by atoms with Gasteiger partial charge in [0.1, 0.15) is 0 Å². The van der Waals surface area contributed by atoms with Crippen LogP contribution in [0.3, 0.4) is 0 Å². The number of nitrogens with zero attached hydrogens (tertiary/aromatic N) is 2. The Bertz CT molecular complexity index is 741. The minimum Gasteiger partial charge on any atom is -0.466 e. The van der Waals surface area contributed by atoms with Crippen LogP contribution < -0.4 is 0 Å². The zero-order valence-electron chi connectivity index (χ0n) is 13.6. The summed E-state index contributed by atoms with van der Waals surface area (Å²) in [5, 5.41) is 6.36. The van der Waals surface area contributed by atoms with Crippen LogP contribution in [0.4, 0.5) is 0 Å². The summed E-state index contributed by atoms with van der Waals surface area (Å²) in [7, 11) is 0. The van der Waals surface area contributed by atoms with Crippen LogP contribution in [0.5, 0.6) is 0 Å². The average Bonchev–Trinajstić information content (AvgIpc) is 2.92. The van der Waals surface area contributed by atoms with Crippen molar-refractivity contribution < 1.29 is 14.3 Å². The number of esters is 1. The first-order chi connectivity index (χ1) is 11.6. The van der Waals surface area contributed by atoms with Gasteiger partial charge in [0.15, 0.2) is 6.23 Å². The molecule has 1 atom stereocenters. The normalized spacial score (nSPS) is 18.0. The summed E-state index contributed by atoms with van der Waals surface area (Å²) in [6.07, 6.45) is 3.90. The first-order valence-corrected chi connectivity index (χ1v) is 9.40. The fraction of sp³-hybridized carbons (Fsp3) is 0.529. The molecule has 0 amide bonds. The number of ether oxygens (including phenoxy) is 2. The molecule has 0 N–H and O–H groups in total. The summed E-state index contributed by atoms with van der Waals surface area (Å²) >= 11 is 9.74. The fourth-order valence-corrected chi connectivity index (χ4v) is 3.47. The molecule has 7 heteroatoms. The topological polar surface area (TPSA) is 53.3 Å². The van der Waals surface area contributed by atoms with Gasteiger partial charge in [0.05, 0.1) is 29.3 Å². The van der Waals surface area contributed by atoms with Gasteiger partial charge >= 0.3 is 5.97 Å². The van der Waals surface area contributed by atoms with E-state index in [1.807, 2.05) is 23.7 Å². The van der Waals surface area contributed by atoms with Crippen LogP contribution in [0.25, 0.3) is 10.9 Å². The predicted molar refractivity (Wildman–Crippen MR) is 96.2 cm³/mol. The van der Waals surface area contributed by atoms with Gasteiger partial charge in [-0.25, -0.2) is 4.68 Å². The molecule has 130 valence electrons. The van der Waals surface area contributed by atoms with E-state index in [0.717, 1.165) is 46.9 Å². The Labute approximate surface area is 154 Å². The van der Waals surface area contributed by atoms with Crippen molar-refractivity contribution in [3.8, 4) is 0 Å². The quantitative estimate of drug-likeness (QED) is 0.667. The molecule has 1 aromatic carbocycles. The van der Waals surface area contributed by atoms with Crippen molar-refractivity contribution >= 4 is 44.4 Å². The summed E-state index contributed by atoms with van der Waals surface area (Å²) in [6, 6.07) is 3.87. The first kappa shape index (κ1) is 17.7. The van der Waals surface area contributed by atoms with Crippen LogP contribution in [-0.4, -0.2) is 29.0 Å². The molecular weight excluding hydrogens is 396 g/mol. The number of hydrogen-bond donors (Lipinski definition) is 0. The molecule has 1 saturated heterocycles. The van der Waals surface area contributed by atoms with Crippen LogP contribution in [0.1, 0.15) is 44.5 Å². The number of benzene rings is 1. The van der Waals surface area contributed by atoms with Crippen molar-refractivity contribution in [2.24, 2.45) is 0 Å². The summed E-state index contributed by atoms with van der Waals surface area (Å²) < 4.78 is 13.6. The summed E-state index contributed by atoms with van der Waals surface area (Å²) in [4.78, 5) is 11.7. The number of halogens is 2. The molecular formula is C17H20BrClN2O3. The zero-order valence-corrected chi connectivity index (χ0v) is 15.9. The molecule has 0 aliphatic carbocycles. The maximum Gasteiger partial charge on any atom is 0.306 e. The molecule has 1 aliphatic rings. The molecule has 0 spiro atoms. The SMILES string of the molecule is CCOC(=O)CCc1nn(C2CCCCO2)c2cc(Cl)c(Br)cc12. The number of fused-ring (bicyclic) bond motifs is 1. The maximum atomic E-state index is 11.7. The van der Waals surface area contributed by atoms with Crippen molar-refractivity contribution in [2.75, 3.05) is 13.2 Å². The number of aryl methyl sites for hydroxylation is 1. The lowest BCUT2D eigenvalue weighted by atomic mass is 10.1. The number of rotatable bonds is 5. The van der Waals surface area contributed by atoms with Gasteiger partial charge in [-0.15, -0.1) is 0 Å². The second-order valence-corrected chi connectivity index (χ2v) is 7.06. The third-order valence-electron chi connectivity index (χ3n) is 4.12. The van der Waals surface area contributed by atoms with E-state index in [4.69, 9.17) is 26.2 Å². The van der Waals surface area contributed by atoms with Crippen molar-refractivity contribution in [3.05, 3.63) is 27.3 Å². The molecule has 0 bridgehead atoms. The zero-order chi connectivity index (χ0) is 17.1. The van der Waals surface area contributed by atoms with E-state index in [1.54, 1.807) is 0 Å². The van der Waals surface area contributed by atoms with Gasteiger partial charge in [-0.3, -0.25) is 4.79 Å². The number of hydrogen-bond acceptors (Lipinski definition) is 4. The lowest BCUT2D eigenvalue weighted by molar-refractivity contribution is -0.143. The van der Waals surface area contributed by atoms with Gasteiger partial charge in [-0.1, -0.05) is 11.6 Å². The predicted octanol–water partition coefficient (Wildman–Crippen LogP) is 4.65. The molecule has 24 heavy (non-hydrogen) atoms. The van der Waals surface area contributed by atoms with Crippen LogP contribution in [0.2, 0.25) is 5.02 Å². The maximum absolute atomic E-state index is 11.7. The highest BCUT2D eigenvalue weighted by molar-refractivity contribution is 9.10. The van der Waals surface area contributed by atoms with Crippen molar-refractivity contribution in [2.45, 2.75) is 45.3 Å². The van der Waals surface area contributed by atoms with Gasteiger partial charge in [0.25, 0.3) is 0 Å². The highest BCUT2D eigenvalue weighted by Crippen LogP contribution is 2.34. The van der Waals surface area contributed by atoms with E-state index < -0.39 is 0 Å². The van der Waals surface area contributed by atoms with Crippen LogP contribution in [0.15, 0.2) is 16.6 Å². The number of aromatic nitrogens is 2. The Morgan fingerprint density at radius 1 is 1.50 bits per heavy atom. The number of carbonyl (C=O) groups excluding carboxylic acids is 1. The van der Waals surface area contributed by atoms with Gasteiger partial charge in [-0.05, 0) is 54.2 Å². The molecule has 2 aromatic rings. The summed E-state index contributed by atoms with van der Waals surface area (Å²) in [6.45, 7) is 2.95. The molecule has 0 saturated carbocycles. The molecule has 2 heterocycles. The lowest BCUT2D eigenvalue weighted by Crippen LogP contribution is -2.19. The number of carbonyl (C=O) groups is 1. The van der Waals surface area contributed by atoms with Gasteiger partial charge in [0, 0.05) is 22.9 Å².